The summed E-state index contributed by atoms with van der Waals surface area (Å²) in [5, 5.41) is 0. The van der Waals surface area contributed by atoms with Gasteiger partial charge in [0.1, 0.15) is 5.75 Å². The summed E-state index contributed by atoms with van der Waals surface area (Å²) in [4.78, 5) is 15.9. The highest BCUT2D eigenvalue weighted by molar-refractivity contribution is 5.96. The van der Waals surface area contributed by atoms with Gasteiger partial charge in [0.05, 0.1) is 12.8 Å². The van der Waals surface area contributed by atoms with Crippen molar-refractivity contribution < 1.29 is 9.53 Å². The molecule has 0 bridgehead atoms. The molecule has 1 rings (SSSR count). The standard InChI is InChI=1S/C14H21NO2/c1-4-7-17-13-8-12(9-15-10-13)14(16)6-5-11(2)3/h8-11H,4-7H2,1-3H3. The van der Waals surface area contributed by atoms with E-state index in [1.807, 2.05) is 6.92 Å². The van der Waals surface area contributed by atoms with E-state index in [9.17, 15) is 4.79 Å². The summed E-state index contributed by atoms with van der Waals surface area (Å²) in [7, 11) is 0. The van der Waals surface area contributed by atoms with Crippen molar-refractivity contribution in [2.45, 2.75) is 40.0 Å². The summed E-state index contributed by atoms with van der Waals surface area (Å²) in [6.45, 7) is 6.94. The molecule has 0 atom stereocenters. The molecular weight excluding hydrogens is 214 g/mol. The van der Waals surface area contributed by atoms with E-state index in [0.29, 0.717) is 30.3 Å². The molecule has 0 spiro atoms. The Morgan fingerprint density at radius 1 is 1.41 bits per heavy atom. The number of carbonyl (C=O) groups is 1. The van der Waals surface area contributed by atoms with Gasteiger partial charge in [-0.25, -0.2) is 0 Å². The first-order valence-corrected chi connectivity index (χ1v) is 6.24. The Balaban J connectivity index is 2.60. The number of ketones is 1. The number of rotatable bonds is 7. The molecule has 0 aliphatic heterocycles. The number of pyridine rings is 1. The van der Waals surface area contributed by atoms with Crippen molar-refractivity contribution in [3.63, 3.8) is 0 Å². The Morgan fingerprint density at radius 2 is 2.18 bits per heavy atom. The lowest BCUT2D eigenvalue weighted by atomic mass is 10.0. The smallest absolute Gasteiger partial charge is 0.164 e. The zero-order chi connectivity index (χ0) is 12.7. The van der Waals surface area contributed by atoms with Gasteiger partial charge < -0.3 is 4.74 Å². The van der Waals surface area contributed by atoms with Gasteiger partial charge in [0, 0.05) is 18.2 Å². The number of carbonyl (C=O) groups excluding carboxylic acids is 1. The fourth-order valence-electron chi connectivity index (χ4n) is 1.43. The summed E-state index contributed by atoms with van der Waals surface area (Å²) < 4.78 is 5.46. The third-order valence-corrected chi connectivity index (χ3v) is 2.46. The van der Waals surface area contributed by atoms with Crippen LogP contribution in [0.5, 0.6) is 5.75 Å². The fraction of sp³-hybridized carbons (Fsp3) is 0.571. The lowest BCUT2D eigenvalue weighted by Crippen LogP contribution is -2.03. The van der Waals surface area contributed by atoms with Crippen LogP contribution in [0, 0.1) is 5.92 Å². The molecule has 3 nitrogen and oxygen atoms in total. The molecule has 0 unspecified atom stereocenters. The lowest BCUT2D eigenvalue weighted by Gasteiger charge is -2.06. The van der Waals surface area contributed by atoms with E-state index in [1.165, 1.54) is 0 Å². The molecular formula is C14H21NO2. The summed E-state index contributed by atoms with van der Waals surface area (Å²) >= 11 is 0. The molecule has 3 heteroatoms. The zero-order valence-electron chi connectivity index (χ0n) is 10.9. The quantitative estimate of drug-likeness (QED) is 0.679. The van der Waals surface area contributed by atoms with Crippen molar-refractivity contribution in [2.75, 3.05) is 6.61 Å². The summed E-state index contributed by atoms with van der Waals surface area (Å²) in [5.41, 5.74) is 0.652. The van der Waals surface area contributed by atoms with E-state index >= 15 is 0 Å². The minimum absolute atomic E-state index is 0.146. The zero-order valence-corrected chi connectivity index (χ0v) is 10.9. The molecule has 94 valence electrons. The number of hydrogen-bond acceptors (Lipinski definition) is 3. The van der Waals surface area contributed by atoms with Gasteiger partial charge in [0.25, 0.3) is 0 Å². The first-order chi connectivity index (χ1) is 8.13. The van der Waals surface area contributed by atoms with Crippen LogP contribution in [0.4, 0.5) is 0 Å². The third kappa shape index (κ3) is 4.98. The molecule has 0 saturated carbocycles. The van der Waals surface area contributed by atoms with Gasteiger partial charge in [-0.1, -0.05) is 20.8 Å². The first-order valence-electron chi connectivity index (χ1n) is 6.24. The van der Waals surface area contributed by atoms with Gasteiger partial charge in [-0.05, 0) is 24.8 Å². The maximum Gasteiger partial charge on any atom is 0.164 e. The molecule has 17 heavy (non-hydrogen) atoms. The summed E-state index contributed by atoms with van der Waals surface area (Å²) in [5.74, 6) is 1.38. The van der Waals surface area contributed by atoms with Crippen LogP contribution in [-0.4, -0.2) is 17.4 Å². The highest BCUT2D eigenvalue weighted by atomic mass is 16.5. The molecule has 1 heterocycles. The van der Waals surface area contributed by atoms with Gasteiger partial charge >= 0.3 is 0 Å². The normalized spacial score (nSPS) is 10.6. The van der Waals surface area contributed by atoms with Crippen LogP contribution in [0.1, 0.15) is 50.4 Å². The van der Waals surface area contributed by atoms with E-state index in [0.717, 1.165) is 12.8 Å². The topological polar surface area (TPSA) is 39.2 Å². The van der Waals surface area contributed by atoms with E-state index in [4.69, 9.17) is 4.74 Å². The number of aromatic nitrogens is 1. The average molecular weight is 235 g/mol. The average Bonchev–Trinajstić information content (AvgIpc) is 2.33. The molecule has 0 saturated heterocycles. The van der Waals surface area contributed by atoms with Crippen molar-refractivity contribution in [1.82, 2.24) is 4.98 Å². The second kappa shape index (κ2) is 7.05. The Hall–Kier alpha value is -1.38. The maximum atomic E-state index is 11.9. The Labute approximate surface area is 103 Å². The number of hydrogen-bond donors (Lipinski definition) is 0. The molecule has 1 aromatic rings. The molecule has 0 aliphatic rings. The molecule has 1 aromatic heterocycles. The second-order valence-electron chi connectivity index (χ2n) is 4.61. The van der Waals surface area contributed by atoms with Crippen molar-refractivity contribution in [1.29, 1.82) is 0 Å². The monoisotopic (exact) mass is 235 g/mol. The molecule has 0 amide bonds. The highest BCUT2D eigenvalue weighted by Gasteiger charge is 2.08. The molecule has 0 aliphatic carbocycles. The molecule has 0 radical (unpaired) electrons. The minimum atomic E-state index is 0.146. The Morgan fingerprint density at radius 3 is 2.82 bits per heavy atom. The Bertz CT molecular complexity index is 361. The van der Waals surface area contributed by atoms with E-state index in [1.54, 1.807) is 18.5 Å². The molecule has 0 N–H and O–H groups in total. The summed E-state index contributed by atoms with van der Waals surface area (Å²) in [6, 6.07) is 1.78. The van der Waals surface area contributed by atoms with Gasteiger partial charge in [-0.2, -0.15) is 0 Å². The fourth-order valence-corrected chi connectivity index (χ4v) is 1.43. The maximum absolute atomic E-state index is 11.9. The third-order valence-electron chi connectivity index (χ3n) is 2.46. The van der Waals surface area contributed by atoms with Gasteiger partial charge in [0.15, 0.2) is 5.78 Å². The van der Waals surface area contributed by atoms with Crippen molar-refractivity contribution in [3.05, 3.63) is 24.0 Å². The highest BCUT2D eigenvalue weighted by Crippen LogP contribution is 2.15. The number of ether oxygens (including phenoxy) is 1. The van der Waals surface area contributed by atoms with Gasteiger partial charge in [-0.15, -0.1) is 0 Å². The van der Waals surface area contributed by atoms with Crippen molar-refractivity contribution >= 4 is 5.78 Å². The van der Waals surface area contributed by atoms with Crippen LogP contribution in [0.2, 0.25) is 0 Å². The van der Waals surface area contributed by atoms with Crippen molar-refractivity contribution in [2.24, 2.45) is 5.92 Å². The minimum Gasteiger partial charge on any atom is -0.492 e. The van der Waals surface area contributed by atoms with Gasteiger partial charge in [-0.3, -0.25) is 9.78 Å². The largest absolute Gasteiger partial charge is 0.492 e. The number of Topliss-reactive ketones (excluding diaryl/α,β-unsaturated/α-hetero) is 1. The van der Waals surface area contributed by atoms with E-state index in [-0.39, 0.29) is 5.78 Å². The van der Waals surface area contributed by atoms with Crippen LogP contribution in [0.25, 0.3) is 0 Å². The van der Waals surface area contributed by atoms with Crippen LogP contribution >= 0.6 is 0 Å². The van der Waals surface area contributed by atoms with Crippen LogP contribution < -0.4 is 4.74 Å². The lowest BCUT2D eigenvalue weighted by molar-refractivity contribution is 0.0974. The van der Waals surface area contributed by atoms with Crippen LogP contribution in [-0.2, 0) is 0 Å². The van der Waals surface area contributed by atoms with E-state index < -0.39 is 0 Å². The first kappa shape index (κ1) is 13.7. The number of nitrogens with zero attached hydrogens (tertiary/aromatic N) is 1. The molecule has 0 fully saturated rings. The summed E-state index contributed by atoms with van der Waals surface area (Å²) in [6.07, 6.45) is 5.71. The van der Waals surface area contributed by atoms with Gasteiger partial charge in [0.2, 0.25) is 0 Å². The Kier molecular flexibility index (Phi) is 5.67. The SMILES string of the molecule is CCCOc1cncc(C(=O)CCC(C)C)c1. The second-order valence-corrected chi connectivity index (χ2v) is 4.61. The predicted octanol–water partition coefficient (Wildman–Crippen LogP) is 3.49. The van der Waals surface area contributed by atoms with Crippen molar-refractivity contribution in [3.8, 4) is 5.75 Å². The van der Waals surface area contributed by atoms with Crippen LogP contribution in [0.15, 0.2) is 18.5 Å². The van der Waals surface area contributed by atoms with E-state index in [2.05, 4.69) is 18.8 Å². The van der Waals surface area contributed by atoms with Crippen LogP contribution in [0.3, 0.4) is 0 Å². The molecule has 0 aromatic carbocycles. The predicted molar refractivity (Wildman–Crippen MR) is 68.4 cm³/mol.